The van der Waals surface area contributed by atoms with Crippen LogP contribution in [-0.2, 0) is 0 Å². The highest BCUT2D eigenvalue weighted by molar-refractivity contribution is 6.30. The topological polar surface area (TPSA) is 23.5 Å². The van der Waals surface area contributed by atoms with Crippen LogP contribution < -0.4 is 0 Å². The highest BCUT2D eigenvalue weighted by atomic mass is 35.5. The van der Waals surface area contributed by atoms with Crippen molar-refractivity contribution in [1.29, 1.82) is 0 Å². The van der Waals surface area contributed by atoms with Crippen LogP contribution >= 0.6 is 11.6 Å². The molecule has 1 aromatic carbocycles. The molecule has 86 valence electrons. The standard InChI is InChI=1S/C13H16ClNO/c1-9-6-12(16)8-13(15(9)2)10-4-3-5-11(14)7-10/h3-7,12-13,16H,8H2,1-2H3. The zero-order valence-electron chi connectivity index (χ0n) is 9.52. The summed E-state index contributed by atoms with van der Waals surface area (Å²) < 4.78 is 0. The molecule has 1 aliphatic rings. The molecule has 16 heavy (non-hydrogen) atoms. The van der Waals surface area contributed by atoms with Crippen LogP contribution in [0.15, 0.2) is 36.0 Å². The fraction of sp³-hybridized carbons (Fsp3) is 0.385. The van der Waals surface area contributed by atoms with E-state index in [2.05, 4.69) is 11.0 Å². The molecule has 2 rings (SSSR count). The normalized spacial score (nSPS) is 25.5. The number of aliphatic hydroxyl groups is 1. The lowest BCUT2D eigenvalue weighted by molar-refractivity contribution is 0.140. The molecule has 0 saturated carbocycles. The number of rotatable bonds is 1. The highest BCUT2D eigenvalue weighted by Gasteiger charge is 2.24. The van der Waals surface area contributed by atoms with Gasteiger partial charge in [0, 0.05) is 24.2 Å². The van der Waals surface area contributed by atoms with Crippen molar-refractivity contribution < 1.29 is 5.11 Å². The largest absolute Gasteiger partial charge is 0.389 e. The van der Waals surface area contributed by atoms with Gasteiger partial charge in [0.15, 0.2) is 0 Å². The lowest BCUT2D eigenvalue weighted by Crippen LogP contribution is -2.31. The number of hydrogen-bond acceptors (Lipinski definition) is 2. The molecule has 0 radical (unpaired) electrons. The van der Waals surface area contributed by atoms with E-state index >= 15 is 0 Å². The Morgan fingerprint density at radius 1 is 1.44 bits per heavy atom. The molecule has 2 nitrogen and oxygen atoms in total. The van der Waals surface area contributed by atoms with Gasteiger partial charge in [-0.3, -0.25) is 0 Å². The van der Waals surface area contributed by atoms with E-state index in [1.807, 2.05) is 38.2 Å². The third-order valence-electron chi connectivity index (χ3n) is 3.16. The zero-order valence-corrected chi connectivity index (χ0v) is 10.3. The molecule has 0 bridgehead atoms. The van der Waals surface area contributed by atoms with E-state index in [-0.39, 0.29) is 12.1 Å². The maximum absolute atomic E-state index is 9.76. The van der Waals surface area contributed by atoms with Crippen LogP contribution in [0.5, 0.6) is 0 Å². The van der Waals surface area contributed by atoms with Gasteiger partial charge in [-0.15, -0.1) is 0 Å². The summed E-state index contributed by atoms with van der Waals surface area (Å²) >= 11 is 5.99. The minimum Gasteiger partial charge on any atom is -0.389 e. The lowest BCUT2D eigenvalue weighted by atomic mass is 9.95. The van der Waals surface area contributed by atoms with Crippen molar-refractivity contribution in [2.24, 2.45) is 0 Å². The maximum Gasteiger partial charge on any atom is 0.0763 e. The van der Waals surface area contributed by atoms with Gasteiger partial charge < -0.3 is 10.0 Å². The Kier molecular flexibility index (Phi) is 3.22. The number of nitrogens with zero attached hydrogens (tertiary/aromatic N) is 1. The van der Waals surface area contributed by atoms with Gasteiger partial charge in [0.1, 0.15) is 0 Å². The second kappa shape index (κ2) is 4.48. The second-order valence-electron chi connectivity index (χ2n) is 4.29. The van der Waals surface area contributed by atoms with Gasteiger partial charge in [0.05, 0.1) is 12.1 Å². The number of hydrogen-bond donors (Lipinski definition) is 1. The summed E-state index contributed by atoms with van der Waals surface area (Å²) in [7, 11) is 2.04. The van der Waals surface area contributed by atoms with Crippen molar-refractivity contribution in [1.82, 2.24) is 4.90 Å². The molecule has 2 atom stereocenters. The molecule has 0 fully saturated rings. The van der Waals surface area contributed by atoms with E-state index < -0.39 is 0 Å². The Bertz CT molecular complexity index is 416. The fourth-order valence-electron chi connectivity index (χ4n) is 2.17. The Morgan fingerprint density at radius 3 is 2.88 bits per heavy atom. The molecule has 3 heteroatoms. The number of halogens is 1. The van der Waals surface area contributed by atoms with Crippen LogP contribution in [0.2, 0.25) is 5.02 Å². The van der Waals surface area contributed by atoms with Gasteiger partial charge in [0.2, 0.25) is 0 Å². The van der Waals surface area contributed by atoms with Gasteiger partial charge in [-0.1, -0.05) is 23.7 Å². The van der Waals surface area contributed by atoms with E-state index in [0.717, 1.165) is 16.3 Å². The molecule has 0 aliphatic carbocycles. The first kappa shape index (κ1) is 11.5. The number of benzene rings is 1. The van der Waals surface area contributed by atoms with Gasteiger partial charge in [-0.05, 0) is 30.7 Å². The van der Waals surface area contributed by atoms with Crippen LogP contribution in [0.1, 0.15) is 24.9 Å². The molecule has 0 amide bonds. The average molecular weight is 238 g/mol. The van der Waals surface area contributed by atoms with Crippen molar-refractivity contribution in [2.45, 2.75) is 25.5 Å². The average Bonchev–Trinajstić information content (AvgIpc) is 2.23. The Morgan fingerprint density at radius 2 is 2.19 bits per heavy atom. The third kappa shape index (κ3) is 2.23. The van der Waals surface area contributed by atoms with Crippen LogP contribution in [0, 0.1) is 0 Å². The molecule has 1 aromatic rings. The summed E-state index contributed by atoms with van der Waals surface area (Å²) in [6, 6.07) is 8.05. The van der Waals surface area contributed by atoms with E-state index in [1.54, 1.807) is 0 Å². The van der Waals surface area contributed by atoms with Crippen LogP contribution in [0.25, 0.3) is 0 Å². The smallest absolute Gasteiger partial charge is 0.0763 e. The summed E-state index contributed by atoms with van der Waals surface area (Å²) in [5.74, 6) is 0. The Hall–Kier alpha value is -0.990. The highest BCUT2D eigenvalue weighted by Crippen LogP contribution is 2.32. The van der Waals surface area contributed by atoms with E-state index in [4.69, 9.17) is 11.6 Å². The first-order chi connectivity index (χ1) is 7.58. The van der Waals surface area contributed by atoms with Gasteiger partial charge in [-0.25, -0.2) is 0 Å². The van der Waals surface area contributed by atoms with Crippen molar-refractivity contribution in [3.63, 3.8) is 0 Å². The van der Waals surface area contributed by atoms with E-state index in [1.165, 1.54) is 0 Å². The predicted molar refractivity (Wildman–Crippen MR) is 66.3 cm³/mol. The molecule has 0 aromatic heterocycles. The first-order valence-electron chi connectivity index (χ1n) is 5.42. The Labute approximate surface area is 101 Å². The third-order valence-corrected chi connectivity index (χ3v) is 3.39. The lowest BCUT2D eigenvalue weighted by Gasteiger charge is -2.36. The van der Waals surface area contributed by atoms with E-state index in [9.17, 15) is 5.11 Å². The molecule has 0 saturated heterocycles. The van der Waals surface area contributed by atoms with Gasteiger partial charge in [-0.2, -0.15) is 0 Å². The SMILES string of the molecule is CC1=CC(O)CC(c2cccc(Cl)c2)N1C. The van der Waals surface area contributed by atoms with Crippen LogP contribution in [0.3, 0.4) is 0 Å². The summed E-state index contributed by atoms with van der Waals surface area (Å²) in [6.45, 7) is 2.01. The van der Waals surface area contributed by atoms with Crippen LogP contribution in [-0.4, -0.2) is 23.2 Å². The Balaban J connectivity index is 2.31. The number of aliphatic hydroxyl groups excluding tert-OH is 1. The second-order valence-corrected chi connectivity index (χ2v) is 4.73. The fourth-order valence-corrected chi connectivity index (χ4v) is 2.37. The minimum atomic E-state index is -0.361. The summed E-state index contributed by atoms with van der Waals surface area (Å²) in [6.07, 6.45) is 2.25. The van der Waals surface area contributed by atoms with Crippen molar-refractivity contribution in [3.05, 3.63) is 46.6 Å². The quantitative estimate of drug-likeness (QED) is 0.812. The molecule has 1 aliphatic heterocycles. The van der Waals surface area contributed by atoms with E-state index in [0.29, 0.717) is 6.42 Å². The molecule has 1 heterocycles. The first-order valence-corrected chi connectivity index (χ1v) is 5.80. The predicted octanol–water partition coefficient (Wildman–Crippen LogP) is 2.98. The maximum atomic E-state index is 9.76. The molecular weight excluding hydrogens is 222 g/mol. The molecule has 0 spiro atoms. The number of allylic oxidation sites excluding steroid dienone is 1. The van der Waals surface area contributed by atoms with Crippen molar-refractivity contribution in [3.8, 4) is 0 Å². The van der Waals surface area contributed by atoms with Gasteiger partial charge in [0.25, 0.3) is 0 Å². The van der Waals surface area contributed by atoms with Crippen LogP contribution in [0.4, 0.5) is 0 Å². The molecule has 2 unspecified atom stereocenters. The van der Waals surface area contributed by atoms with Crippen molar-refractivity contribution >= 4 is 11.6 Å². The monoisotopic (exact) mass is 237 g/mol. The molecule has 1 N–H and O–H groups in total. The summed E-state index contributed by atoms with van der Waals surface area (Å²) in [5.41, 5.74) is 2.25. The zero-order chi connectivity index (χ0) is 11.7. The molecular formula is C13H16ClNO. The van der Waals surface area contributed by atoms with Crippen molar-refractivity contribution in [2.75, 3.05) is 7.05 Å². The minimum absolute atomic E-state index is 0.207. The van der Waals surface area contributed by atoms with Gasteiger partial charge >= 0.3 is 0 Å². The summed E-state index contributed by atoms with van der Waals surface area (Å²) in [4.78, 5) is 2.18. The summed E-state index contributed by atoms with van der Waals surface area (Å²) in [5, 5.41) is 10.5.